The summed E-state index contributed by atoms with van der Waals surface area (Å²) in [5, 5.41) is 4.22. The average molecular weight is 252 g/mol. The summed E-state index contributed by atoms with van der Waals surface area (Å²) < 4.78 is 1.97. The molecule has 0 amide bonds. The molecule has 0 atom stereocenters. The molecule has 0 aliphatic carbocycles. The molecule has 102 valence electrons. The molecule has 1 aliphatic heterocycles. The van der Waals surface area contributed by atoms with Crippen LogP contribution in [0.5, 0.6) is 0 Å². The number of hydrogen-bond donors (Lipinski definition) is 1. The van der Waals surface area contributed by atoms with Crippen LogP contribution in [0, 0.1) is 0 Å². The first-order valence-corrected chi connectivity index (χ1v) is 6.85. The normalized spacial score (nSPS) is 19.0. The molecule has 2 heterocycles. The van der Waals surface area contributed by atoms with Crippen molar-refractivity contribution >= 4 is 0 Å². The van der Waals surface area contributed by atoms with Crippen molar-refractivity contribution in [3.05, 3.63) is 12.2 Å². The van der Waals surface area contributed by atoms with Gasteiger partial charge in [-0.25, -0.2) is 9.67 Å². The summed E-state index contributed by atoms with van der Waals surface area (Å²) in [7, 11) is 0. The van der Waals surface area contributed by atoms with Gasteiger partial charge in [0.1, 0.15) is 12.2 Å². The van der Waals surface area contributed by atoms with Crippen molar-refractivity contribution in [1.29, 1.82) is 0 Å². The van der Waals surface area contributed by atoms with Crippen LogP contribution in [0.1, 0.15) is 19.2 Å². The van der Waals surface area contributed by atoms with Gasteiger partial charge in [0.15, 0.2) is 0 Å². The van der Waals surface area contributed by atoms with Crippen LogP contribution in [0.25, 0.3) is 0 Å². The second-order valence-corrected chi connectivity index (χ2v) is 4.75. The maximum atomic E-state index is 5.62. The second-order valence-electron chi connectivity index (χ2n) is 4.75. The van der Waals surface area contributed by atoms with Crippen LogP contribution in [0.15, 0.2) is 6.33 Å². The molecule has 2 rings (SSSR count). The molecular weight excluding hydrogens is 228 g/mol. The summed E-state index contributed by atoms with van der Waals surface area (Å²) in [5.74, 6) is 1.07. The maximum Gasteiger partial charge on any atom is 0.140 e. The third kappa shape index (κ3) is 3.51. The molecule has 0 saturated carbocycles. The van der Waals surface area contributed by atoms with Gasteiger partial charge in [-0.05, 0) is 26.4 Å². The highest BCUT2D eigenvalue weighted by Gasteiger charge is 2.16. The van der Waals surface area contributed by atoms with E-state index in [1.165, 1.54) is 6.42 Å². The third-order valence-electron chi connectivity index (χ3n) is 3.49. The second kappa shape index (κ2) is 6.82. The van der Waals surface area contributed by atoms with Crippen LogP contribution in [0.4, 0.5) is 0 Å². The monoisotopic (exact) mass is 252 g/mol. The summed E-state index contributed by atoms with van der Waals surface area (Å²) in [4.78, 5) is 9.26. The molecule has 2 N–H and O–H groups in total. The topological polar surface area (TPSA) is 63.2 Å². The van der Waals surface area contributed by atoms with Crippen molar-refractivity contribution in [2.45, 2.75) is 26.4 Å². The fraction of sp³-hybridized carbons (Fsp3) is 0.833. The van der Waals surface area contributed by atoms with Crippen LogP contribution < -0.4 is 5.73 Å². The van der Waals surface area contributed by atoms with E-state index in [-0.39, 0.29) is 0 Å². The van der Waals surface area contributed by atoms with Gasteiger partial charge in [0.05, 0.1) is 6.54 Å². The molecule has 0 radical (unpaired) electrons. The summed E-state index contributed by atoms with van der Waals surface area (Å²) >= 11 is 0. The highest BCUT2D eigenvalue weighted by molar-refractivity contribution is 4.85. The lowest BCUT2D eigenvalue weighted by Gasteiger charge is -2.21. The Morgan fingerprint density at radius 2 is 2.00 bits per heavy atom. The lowest BCUT2D eigenvalue weighted by Crippen LogP contribution is -2.34. The quantitative estimate of drug-likeness (QED) is 0.784. The standard InChI is InChI=1S/C12H24N6/c1-2-18-12(14-11-15-18)10-17-6-3-5-16(7-4-13)8-9-17/h11H,2-10,13H2,1H3. The maximum absolute atomic E-state index is 5.62. The Bertz CT molecular complexity index is 350. The minimum atomic E-state index is 0.754. The van der Waals surface area contributed by atoms with E-state index in [0.717, 1.165) is 58.2 Å². The Morgan fingerprint density at radius 1 is 1.22 bits per heavy atom. The van der Waals surface area contributed by atoms with E-state index in [2.05, 4.69) is 26.8 Å². The number of aromatic nitrogens is 3. The van der Waals surface area contributed by atoms with Gasteiger partial charge in [-0.1, -0.05) is 0 Å². The van der Waals surface area contributed by atoms with E-state index in [9.17, 15) is 0 Å². The van der Waals surface area contributed by atoms with Crippen LogP contribution in [-0.4, -0.2) is 63.8 Å². The molecule has 1 fully saturated rings. The molecule has 0 spiro atoms. The Labute approximate surface area is 109 Å². The molecule has 1 aromatic rings. The van der Waals surface area contributed by atoms with E-state index >= 15 is 0 Å². The van der Waals surface area contributed by atoms with Crippen LogP contribution in [0.2, 0.25) is 0 Å². The van der Waals surface area contributed by atoms with Gasteiger partial charge in [0.25, 0.3) is 0 Å². The zero-order valence-corrected chi connectivity index (χ0v) is 11.3. The fourth-order valence-corrected chi connectivity index (χ4v) is 2.46. The minimum Gasteiger partial charge on any atom is -0.329 e. The van der Waals surface area contributed by atoms with E-state index in [1.54, 1.807) is 6.33 Å². The zero-order valence-electron chi connectivity index (χ0n) is 11.3. The van der Waals surface area contributed by atoms with Crippen LogP contribution >= 0.6 is 0 Å². The number of aryl methyl sites for hydroxylation is 1. The summed E-state index contributed by atoms with van der Waals surface area (Å²) in [6.45, 7) is 10.2. The first-order valence-electron chi connectivity index (χ1n) is 6.85. The van der Waals surface area contributed by atoms with Crippen molar-refractivity contribution in [1.82, 2.24) is 24.6 Å². The predicted octanol–water partition coefficient (Wildman–Crippen LogP) is -0.236. The molecule has 18 heavy (non-hydrogen) atoms. The van der Waals surface area contributed by atoms with Crippen molar-refractivity contribution in [3.8, 4) is 0 Å². The lowest BCUT2D eigenvalue weighted by atomic mass is 10.3. The van der Waals surface area contributed by atoms with E-state index in [0.29, 0.717) is 0 Å². The molecular formula is C12H24N6. The highest BCUT2D eigenvalue weighted by atomic mass is 15.3. The van der Waals surface area contributed by atoms with Crippen LogP contribution in [0.3, 0.4) is 0 Å². The first kappa shape index (κ1) is 13.5. The van der Waals surface area contributed by atoms with Gasteiger partial charge in [0, 0.05) is 32.7 Å². The summed E-state index contributed by atoms with van der Waals surface area (Å²) in [6, 6.07) is 0. The Hall–Kier alpha value is -0.980. The molecule has 1 aliphatic rings. The number of rotatable bonds is 5. The fourth-order valence-electron chi connectivity index (χ4n) is 2.46. The van der Waals surface area contributed by atoms with Gasteiger partial charge in [-0.3, -0.25) is 4.90 Å². The average Bonchev–Trinajstić information content (AvgIpc) is 2.71. The number of hydrogen-bond acceptors (Lipinski definition) is 5. The largest absolute Gasteiger partial charge is 0.329 e. The van der Waals surface area contributed by atoms with Crippen molar-refractivity contribution in [2.24, 2.45) is 5.73 Å². The summed E-state index contributed by atoms with van der Waals surface area (Å²) in [6.07, 6.45) is 2.86. The zero-order chi connectivity index (χ0) is 12.8. The molecule has 0 unspecified atom stereocenters. The van der Waals surface area contributed by atoms with E-state index in [4.69, 9.17) is 5.73 Å². The van der Waals surface area contributed by atoms with Crippen LogP contribution in [-0.2, 0) is 13.1 Å². The predicted molar refractivity (Wildman–Crippen MR) is 71.1 cm³/mol. The van der Waals surface area contributed by atoms with Gasteiger partial charge in [-0.2, -0.15) is 5.10 Å². The molecule has 1 saturated heterocycles. The number of nitrogens with two attached hydrogens (primary N) is 1. The highest BCUT2D eigenvalue weighted by Crippen LogP contribution is 2.07. The lowest BCUT2D eigenvalue weighted by molar-refractivity contribution is 0.247. The summed E-state index contributed by atoms with van der Waals surface area (Å²) in [5.41, 5.74) is 5.62. The van der Waals surface area contributed by atoms with Gasteiger partial charge >= 0.3 is 0 Å². The van der Waals surface area contributed by atoms with E-state index in [1.807, 2.05) is 4.68 Å². The molecule has 0 aromatic carbocycles. The Kier molecular flexibility index (Phi) is 5.10. The Morgan fingerprint density at radius 3 is 2.78 bits per heavy atom. The van der Waals surface area contributed by atoms with Gasteiger partial charge in [-0.15, -0.1) is 0 Å². The van der Waals surface area contributed by atoms with Crippen molar-refractivity contribution in [3.63, 3.8) is 0 Å². The Balaban J connectivity index is 1.87. The first-order chi connectivity index (χ1) is 8.83. The minimum absolute atomic E-state index is 0.754. The number of nitrogens with zero attached hydrogens (tertiary/aromatic N) is 5. The molecule has 1 aromatic heterocycles. The van der Waals surface area contributed by atoms with Crippen molar-refractivity contribution in [2.75, 3.05) is 39.3 Å². The SMILES string of the molecule is CCn1ncnc1CN1CCCN(CCN)CC1. The van der Waals surface area contributed by atoms with Crippen molar-refractivity contribution < 1.29 is 0 Å². The molecule has 0 bridgehead atoms. The molecule has 6 nitrogen and oxygen atoms in total. The van der Waals surface area contributed by atoms with E-state index < -0.39 is 0 Å². The van der Waals surface area contributed by atoms with Gasteiger partial charge < -0.3 is 10.6 Å². The smallest absolute Gasteiger partial charge is 0.140 e. The molecule has 6 heteroatoms. The van der Waals surface area contributed by atoms with Gasteiger partial charge in [0.2, 0.25) is 0 Å². The third-order valence-corrected chi connectivity index (χ3v) is 3.49.